The SMILES string of the molecule is C=CC(=O)O.O=S(=O)(Nc1ccccc1)c1ccccc1. The number of carbonyl (C=O) groups is 1. The monoisotopic (exact) mass is 305 g/mol. The molecule has 0 aromatic heterocycles. The highest BCUT2D eigenvalue weighted by Gasteiger charge is 2.12. The number of nitrogens with one attached hydrogen (secondary N) is 1. The molecule has 0 radical (unpaired) electrons. The Morgan fingerprint density at radius 3 is 1.86 bits per heavy atom. The fourth-order valence-corrected chi connectivity index (χ4v) is 2.40. The quantitative estimate of drug-likeness (QED) is 0.851. The molecule has 2 N–H and O–H groups in total. The van der Waals surface area contributed by atoms with Gasteiger partial charge in [-0.05, 0) is 24.3 Å². The fourth-order valence-electron chi connectivity index (χ4n) is 1.32. The van der Waals surface area contributed by atoms with Gasteiger partial charge in [-0.2, -0.15) is 0 Å². The Morgan fingerprint density at radius 2 is 1.43 bits per heavy atom. The molecule has 0 unspecified atom stereocenters. The van der Waals surface area contributed by atoms with Gasteiger partial charge in [0.2, 0.25) is 0 Å². The zero-order valence-electron chi connectivity index (χ0n) is 11.1. The molecule has 0 aliphatic carbocycles. The lowest BCUT2D eigenvalue weighted by Gasteiger charge is -2.07. The van der Waals surface area contributed by atoms with Crippen LogP contribution in [0.3, 0.4) is 0 Å². The molecule has 2 rings (SSSR count). The maximum atomic E-state index is 11.9. The van der Waals surface area contributed by atoms with Gasteiger partial charge in [0.05, 0.1) is 4.90 Å². The van der Waals surface area contributed by atoms with Crippen molar-refractivity contribution in [2.24, 2.45) is 0 Å². The molecular formula is C15H15NO4S. The third-order valence-electron chi connectivity index (χ3n) is 2.25. The van der Waals surface area contributed by atoms with Crippen LogP contribution in [0.2, 0.25) is 0 Å². The first-order valence-electron chi connectivity index (χ1n) is 5.94. The molecule has 2 aromatic rings. The van der Waals surface area contributed by atoms with Crippen molar-refractivity contribution in [3.05, 3.63) is 73.3 Å². The van der Waals surface area contributed by atoms with Crippen LogP contribution in [0, 0.1) is 0 Å². The van der Waals surface area contributed by atoms with Crippen molar-refractivity contribution in [3.8, 4) is 0 Å². The smallest absolute Gasteiger partial charge is 0.327 e. The minimum Gasteiger partial charge on any atom is -0.478 e. The molecule has 0 aliphatic heterocycles. The van der Waals surface area contributed by atoms with Crippen LogP contribution < -0.4 is 4.72 Å². The van der Waals surface area contributed by atoms with E-state index in [1.54, 1.807) is 54.6 Å². The second-order valence-corrected chi connectivity index (χ2v) is 5.51. The van der Waals surface area contributed by atoms with Gasteiger partial charge in [0.25, 0.3) is 10.0 Å². The molecule has 0 spiro atoms. The molecule has 0 fully saturated rings. The van der Waals surface area contributed by atoms with Gasteiger partial charge >= 0.3 is 5.97 Å². The minimum absolute atomic E-state index is 0.263. The Labute approximate surface area is 123 Å². The standard InChI is InChI=1S/C12H11NO2S.C3H4O2/c14-16(15,12-9-5-2-6-10-12)13-11-7-3-1-4-8-11;1-2-3(4)5/h1-10,13H;2H,1H2,(H,4,5). The zero-order chi connectivity index (χ0) is 15.7. The van der Waals surface area contributed by atoms with Crippen LogP contribution in [-0.2, 0) is 14.8 Å². The molecule has 0 bridgehead atoms. The Bertz CT molecular complexity index is 682. The highest BCUT2D eigenvalue weighted by atomic mass is 32.2. The van der Waals surface area contributed by atoms with E-state index in [0.29, 0.717) is 5.69 Å². The molecule has 0 aliphatic rings. The van der Waals surface area contributed by atoms with Gasteiger partial charge in [-0.1, -0.05) is 43.0 Å². The van der Waals surface area contributed by atoms with E-state index in [4.69, 9.17) is 5.11 Å². The molecule has 0 atom stereocenters. The van der Waals surface area contributed by atoms with Crippen molar-refractivity contribution in [3.63, 3.8) is 0 Å². The van der Waals surface area contributed by atoms with Gasteiger partial charge in [-0.15, -0.1) is 0 Å². The van der Waals surface area contributed by atoms with Crippen LogP contribution in [0.1, 0.15) is 0 Å². The number of sulfonamides is 1. The van der Waals surface area contributed by atoms with Crippen molar-refractivity contribution in [2.75, 3.05) is 4.72 Å². The zero-order valence-corrected chi connectivity index (χ0v) is 12.0. The summed E-state index contributed by atoms with van der Waals surface area (Å²) in [5.41, 5.74) is 0.561. The van der Waals surface area contributed by atoms with E-state index in [1.807, 2.05) is 6.07 Å². The Morgan fingerprint density at radius 1 is 1.00 bits per heavy atom. The normalized spacial score (nSPS) is 9.90. The number of hydrogen-bond acceptors (Lipinski definition) is 3. The maximum absolute atomic E-state index is 11.9. The van der Waals surface area contributed by atoms with Crippen molar-refractivity contribution in [2.45, 2.75) is 4.90 Å². The largest absolute Gasteiger partial charge is 0.478 e. The molecule has 0 amide bonds. The van der Waals surface area contributed by atoms with Crippen molar-refractivity contribution in [1.29, 1.82) is 0 Å². The Balaban J connectivity index is 0.000000383. The Kier molecular flexibility index (Phi) is 6.16. The van der Waals surface area contributed by atoms with E-state index >= 15 is 0 Å². The number of hydrogen-bond donors (Lipinski definition) is 2. The summed E-state index contributed by atoms with van der Waals surface area (Å²) in [7, 11) is -3.46. The third-order valence-corrected chi connectivity index (χ3v) is 3.65. The summed E-state index contributed by atoms with van der Waals surface area (Å²) in [5.74, 6) is -0.981. The van der Waals surface area contributed by atoms with Crippen LogP contribution in [0.15, 0.2) is 78.2 Å². The first kappa shape index (κ1) is 16.5. The molecule has 0 saturated carbocycles. The fraction of sp³-hybridized carbons (Fsp3) is 0. The molecule has 0 saturated heterocycles. The molecule has 110 valence electrons. The third kappa shape index (κ3) is 5.92. The molecule has 2 aromatic carbocycles. The predicted octanol–water partition coefficient (Wildman–Crippen LogP) is 2.74. The van der Waals surface area contributed by atoms with Crippen LogP contribution in [-0.4, -0.2) is 19.5 Å². The molecular weight excluding hydrogens is 290 g/mol. The average molecular weight is 305 g/mol. The molecule has 0 heterocycles. The van der Waals surface area contributed by atoms with Gasteiger partial charge in [0.1, 0.15) is 0 Å². The highest BCUT2D eigenvalue weighted by molar-refractivity contribution is 7.92. The van der Waals surface area contributed by atoms with Crippen molar-refractivity contribution >= 4 is 21.7 Å². The molecule has 6 heteroatoms. The summed E-state index contributed by atoms with van der Waals surface area (Å²) in [6, 6.07) is 17.1. The van der Waals surface area contributed by atoms with E-state index in [2.05, 4.69) is 11.3 Å². The first-order chi connectivity index (χ1) is 9.95. The van der Waals surface area contributed by atoms with Gasteiger partial charge in [-0.25, -0.2) is 13.2 Å². The summed E-state index contributed by atoms with van der Waals surface area (Å²) < 4.78 is 26.3. The Hall–Kier alpha value is -2.60. The van der Waals surface area contributed by atoms with Crippen LogP contribution in [0.25, 0.3) is 0 Å². The average Bonchev–Trinajstić information content (AvgIpc) is 2.49. The lowest BCUT2D eigenvalue weighted by atomic mass is 10.3. The topological polar surface area (TPSA) is 83.5 Å². The van der Waals surface area contributed by atoms with Gasteiger partial charge < -0.3 is 5.11 Å². The summed E-state index contributed by atoms with van der Waals surface area (Å²) in [6.45, 7) is 2.96. The van der Waals surface area contributed by atoms with Crippen LogP contribution in [0.5, 0.6) is 0 Å². The lowest BCUT2D eigenvalue weighted by Crippen LogP contribution is -2.12. The number of carboxylic acid groups (broad SMARTS) is 1. The van der Waals surface area contributed by atoms with E-state index in [9.17, 15) is 13.2 Å². The number of aliphatic carboxylic acids is 1. The minimum atomic E-state index is -3.46. The maximum Gasteiger partial charge on any atom is 0.327 e. The highest BCUT2D eigenvalue weighted by Crippen LogP contribution is 2.14. The van der Waals surface area contributed by atoms with E-state index in [-0.39, 0.29) is 4.90 Å². The number of anilines is 1. The van der Waals surface area contributed by atoms with Crippen molar-refractivity contribution < 1.29 is 18.3 Å². The summed E-state index contributed by atoms with van der Waals surface area (Å²) in [5, 5.41) is 7.60. The van der Waals surface area contributed by atoms with E-state index in [1.165, 1.54) is 0 Å². The summed E-state index contributed by atoms with van der Waals surface area (Å²) >= 11 is 0. The second-order valence-electron chi connectivity index (χ2n) is 3.83. The predicted molar refractivity (Wildman–Crippen MR) is 81.5 cm³/mol. The number of para-hydroxylation sites is 1. The molecule has 5 nitrogen and oxygen atoms in total. The molecule has 21 heavy (non-hydrogen) atoms. The van der Waals surface area contributed by atoms with Crippen LogP contribution >= 0.6 is 0 Å². The van der Waals surface area contributed by atoms with E-state index < -0.39 is 16.0 Å². The van der Waals surface area contributed by atoms with Gasteiger partial charge in [-0.3, -0.25) is 4.72 Å². The van der Waals surface area contributed by atoms with Gasteiger partial charge in [0.15, 0.2) is 0 Å². The van der Waals surface area contributed by atoms with Crippen molar-refractivity contribution in [1.82, 2.24) is 0 Å². The first-order valence-corrected chi connectivity index (χ1v) is 7.42. The van der Waals surface area contributed by atoms with Crippen LogP contribution in [0.4, 0.5) is 5.69 Å². The van der Waals surface area contributed by atoms with Gasteiger partial charge in [0, 0.05) is 11.8 Å². The summed E-state index contributed by atoms with van der Waals surface area (Å²) in [4.78, 5) is 9.51. The number of carboxylic acids is 1. The summed E-state index contributed by atoms with van der Waals surface area (Å²) in [6.07, 6.45) is 0.833. The van der Waals surface area contributed by atoms with E-state index in [0.717, 1.165) is 6.08 Å². The number of rotatable bonds is 4. The number of benzene rings is 2. The lowest BCUT2D eigenvalue weighted by molar-refractivity contribution is -0.131. The second kappa shape index (κ2) is 7.86.